The predicted octanol–water partition coefficient (Wildman–Crippen LogP) is 4.13. The van der Waals surface area contributed by atoms with Gasteiger partial charge < -0.3 is 5.11 Å². The molecule has 1 aromatic heterocycles. The number of benzene rings is 2. The first-order chi connectivity index (χ1) is 15.6. The minimum Gasteiger partial charge on any atom is -0.396 e. The third-order valence-electron chi connectivity index (χ3n) is 7.22. The summed E-state index contributed by atoms with van der Waals surface area (Å²) >= 11 is 0. The molecule has 2 N–H and O–H groups in total. The molecule has 5 nitrogen and oxygen atoms in total. The number of nitriles is 1. The molecule has 3 atom stereocenters. The normalized spacial score (nSPS) is 24.3. The van der Waals surface area contributed by atoms with E-state index < -0.39 is 5.41 Å². The van der Waals surface area contributed by atoms with Crippen molar-refractivity contribution in [2.24, 2.45) is 11.8 Å². The molecule has 0 bridgehead atoms. The second-order valence-corrected chi connectivity index (χ2v) is 8.80. The molecular weight excluding hydrogens is 398 g/mol. The van der Waals surface area contributed by atoms with E-state index in [1.165, 1.54) is 0 Å². The number of aromatic nitrogens is 2. The molecule has 0 amide bonds. The summed E-state index contributed by atoms with van der Waals surface area (Å²) < 4.78 is 0. The SMILES string of the molecule is CC1C(=O)C(C#N)=C[C@]2(c3ccccc3)c3n[nH]c(-c4ccc(CCO)cc4)c3CCC12. The first-order valence-corrected chi connectivity index (χ1v) is 11.1. The summed E-state index contributed by atoms with van der Waals surface area (Å²) in [6.07, 6.45) is 4.18. The van der Waals surface area contributed by atoms with Gasteiger partial charge in [0.2, 0.25) is 0 Å². The monoisotopic (exact) mass is 423 g/mol. The second kappa shape index (κ2) is 7.89. The van der Waals surface area contributed by atoms with Crippen LogP contribution in [0.5, 0.6) is 0 Å². The highest BCUT2D eigenvalue weighted by atomic mass is 16.3. The number of carbonyl (C=O) groups is 1. The Kier molecular flexibility index (Phi) is 5.03. The fraction of sp³-hybridized carbons (Fsp3) is 0.296. The number of aliphatic hydroxyl groups excluding tert-OH is 1. The molecule has 160 valence electrons. The lowest BCUT2D eigenvalue weighted by Crippen LogP contribution is -2.48. The number of aromatic amines is 1. The number of carbonyl (C=O) groups excluding carboxylic acids is 1. The first kappa shape index (κ1) is 20.4. The van der Waals surface area contributed by atoms with Crippen molar-refractivity contribution in [3.8, 4) is 17.3 Å². The Morgan fingerprint density at radius 1 is 1.19 bits per heavy atom. The van der Waals surface area contributed by atoms with Gasteiger partial charge >= 0.3 is 0 Å². The summed E-state index contributed by atoms with van der Waals surface area (Å²) in [4.78, 5) is 12.9. The van der Waals surface area contributed by atoms with Crippen LogP contribution in [0.1, 0.15) is 35.7 Å². The maximum Gasteiger partial charge on any atom is 0.176 e. The average Bonchev–Trinajstić information content (AvgIpc) is 3.27. The standard InChI is InChI=1S/C27H25N3O2/c1-17-23-12-11-22-24(19-9-7-18(8-10-19)13-14-31)29-30-26(22)27(23,15-20(16-28)25(17)32)21-5-3-2-4-6-21/h2-10,15,17,23,31H,11-14H2,1H3,(H,29,30)/t17?,23?,27-/m1/s1. The fourth-order valence-corrected chi connectivity index (χ4v) is 5.64. The lowest BCUT2D eigenvalue weighted by atomic mass is 9.54. The second-order valence-electron chi connectivity index (χ2n) is 8.80. The maximum atomic E-state index is 12.9. The van der Waals surface area contributed by atoms with Gasteiger partial charge in [0.05, 0.1) is 22.4 Å². The highest BCUT2D eigenvalue weighted by Crippen LogP contribution is 2.54. The van der Waals surface area contributed by atoms with Crippen LogP contribution in [-0.2, 0) is 23.1 Å². The minimum atomic E-state index is -0.612. The van der Waals surface area contributed by atoms with Crippen molar-refractivity contribution in [3.05, 3.63) is 88.6 Å². The van der Waals surface area contributed by atoms with Gasteiger partial charge in [-0.1, -0.05) is 61.5 Å². The van der Waals surface area contributed by atoms with E-state index in [4.69, 9.17) is 5.10 Å². The third kappa shape index (κ3) is 2.95. The number of hydrogen-bond acceptors (Lipinski definition) is 4. The number of H-pyrrole nitrogens is 1. The van der Waals surface area contributed by atoms with Crippen molar-refractivity contribution in [3.63, 3.8) is 0 Å². The van der Waals surface area contributed by atoms with E-state index in [0.29, 0.717) is 6.42 Å². The van der Waals surface area contributed by atoms with Crippen molar-refractivity contribution in [1.29, 1.82) is 5.26 Å². The van der Waals surface area contributed by atoms with Gasteiger partial charge in [0.1, 0.15) is 6.07 Å². The minimum absolute atomic E-state index is 0.0464. The van der Waals surface area contributed by atoms with Crippen molar-refractivity contribution in [1.82, 2.24) is 10.2 Å². The molecule has 2 aromatic carbocycles. The van der Waals surface area contributed by atoms with E-state index in [2.05, 4.69) is 35.4 Å². The highest BCUT2D eigenvalue weighted by molar-refractivity contribution is 6.02. The average molecular weight is 424 g/mol. The topological polar surface area (TPSA) is 89.8 Å². The number of ketones is 1. The Hall–Kier alpha value is -3.49. The molecule has 0 saturated carbocycles. The summed E-state index contributed by atoms with van der Waals surface area (Å²) in [5, 5.41) is 27.0. The zero-order valence-corrected chi connectivity index (χ0v) is 18.0. The van der Waals surface area contributed by atoms with E-state index in [9.17, 15) is 15.2 Å². The Balaban J connectivity index is 1.72. The quantitative estimate of drug-likeness (QED) is 0.660. The van der Waals surface area contributed by atoms with Crippen molar-refractivity contribution >= 4 is 5.78 Å². The van der Waals surface area contributed by atoms with Crippen LogP contribution in [-0.4, -0.2) is 27.7 Å². The molecule has 0 radical (unpaired) electrons. The van der Waals surface area contributed by atoms with E-state index in [-0.39, 0.29) is 29.8 Å². The molecule has 1 heterocycles. The van der Waals surface area contributed by atoms with Gasteiger partial charge in [0.25, 0.3) is 0 Å². The number of rotatable bonds is 4. The van der Waals surface area contributed by atoms with Gasteiger partial charge in [-0.3, -0.25) is 9.89 Å². The van der Waals surface area contributed by atoms with E-state index in [0.717, 1.165) is 46.5 Å². The lowest BCUT2D eigenvalue weighted by molar-refractivity contribution is -0.121. The number of allylic oxidation sites excluding steroid dienone is 2. The van der Waals surface area contributed by atoms with Crippen LogP contribution in [0.2, 0.25) is 0 Å². The molecule has 0 aliphatic heterocycles. The summed E-state index contributed by atoms with van der Waals surface area (Å²) in [6, 6.07) is 20.5. The molecule has 3 aromatic rings. The van der Waals surface area contributed by atoms with Crippen molar-refractivity contribution in [2.75, 3.05) is 6.61 Å². The number of nitrogens with one attached hydrogen (secondary N) is 1. The fourth-order valence-electron chi connectivity index (χ4n) is 5.64. The molecule has 0 fully saturated rings. The zero-order valence-electron chi connectivity index (χ0n) is 18.0. The van der Waals surface area contributed by atoms with Crippen molar-refractivity contribution < 1.29 is 9.90 Å². The van der Waals surface area contributed by atoms with E-state index in [1.807, 2.05) is 43.3 Å². The summed E-state index contributed by atoms with van der Waals surface area (Å²) in [5.41, 5.74) is 5.87. The van der Waals surface area contributed by atoms with Crippen LogP contribution < -0.4 is 0 Å². The van der Waals surface area contributed by atoms with Crippen LogP contribution in [0.4, 0.5) is 0 Å². The first-order valence-electron chi connectivity index (χ1n) is 11.1. The molecule has 32 heavy (non-hydrogen) atoms. The Morgan fingerprint density at radius 3 is 2.62 bits per heavy atom. The number of hydrogen-bond donors (Lipinski definition) is 2. The van der Waals surface area contributed by atoms with Crippen LogP contribution in [0.15, 0.2) is 66.2 Å². The van der Waals surface area contributed by atoms with Crippen LogP contribution in [0.25, 0.3) is 11.3 Å². The molecule has 2 aliphatic rings. The van der Waals surface area contributed by atoms with Gasteiger partial charge in [0, 0.05) is 18.1 Å². The molecular formula is C27H25N3O2. The lowest BCUT2D eigenvalue weighted by Gasteiger charge is -2.47. The maximum absolute atomic E-state index is 12.9. The van der Waals surface area contributed by atoms with Gasteiger partial charge in [0.15, 0.2) is 5.78 Å². The highest BCUT2D eigenvalue weighted by Gasteiger charge is 2.53. The third-order valence-corrected chi connectivity index (χ3v) is 7.22. The molecule has 2 aliphatic carbocycles. The number of fused-ring (bicyclic) bond motifs is 3. The molecule has 5 rings (SSSR count). The molecule has 0 spiro atoms. The van der Waals surface area contributed by atoms with Crippen LogP contribution >= 0.6 is 0 Å². The Labute approximate surface area is 187 Å². The largest absolute Gasteiger partial charge is 0.396 e. The van der Waals surface area contributed by atoms with Gasteiger partial charge in [-0.15, -0.1) is 0 Å². The number of Topliss-reactive ketones (excluding diaryl/α,β-unsaturated/α-hetero) is 1. The zero-order chi connectivity index (χ0) is 22.3. The van der Waals surface area contributed by atoms with Gasteiger partial charge in [-0.2, -0.15) is 10.4 Å². The van der Waals surface area contributed by atoms with Crippen LogP contribution in [0, 0.1) is 23.2 Å². The molecule has 5 heteroatoms. The van der Waals surface area contributed by atoms with E-state index >= 15 is 0 Å². The molecule has 0 saturated heterocycles. The Bertz CT molecular complexity index is 1230. The Morgan fingerprint density at radius 2 is 1.94 bits per heavy atom. The summed E-state index contributed by atoms with van der Waals surface area (Å²) in [5.74, 6) is -0.270. The van der Waals surface area contributed by atoms with Crippen molar-refractivity contribution in [2.45, 2.75) is 31.6 Å². The summed E-state index contributed by atoms with van der Waals surface area (Å²) in [6.45, 7) is 2.08. The summed E-state index contributed by atoms with van der Waals surface area (Å²) in [7, 11) is 0. The predicted molar refractivity (Wildman–Crippen MR) is 122 cm³/mol. The van der Waals surface area contributed by atoms with Gasteiger partial charge in [-0.25, -0.2) is 0 Å². The number of nitrogens with zero attached hydrogens (tertiary/aromatic N) is 2. The van der Waals surface area contributed by atoms with Crippen LogP contribution in [0.3, 0.4) is 0 Å². The number of aliphatic hydroxyl groups is 1. The smallest absolute Gasteiger partial charge is 0.176 e. The molecule has 2 unspecified atom stereocenters. The van der Waals surface area contributed by atoms with E-state index in [1.54, 1.807) is 0 Å². The van der Waals surface area contributed by atoms with Gasteiger partial charge in [-0.05, 0) is 47.9 Å².